The molecule has 0 aromatic carbocycles. The van der Waals surface area contributed by atoms with Gasteiger partial charge in [-0.2, -0.15) is 0 Å². The highest BCUT2D eigenvalue weighted by Crippen LogP contribution is 2.09. The van der Waals surface area contributed by atoms with E-state index in [0.717, 1.165) is 0 Å². The number of nitrogens with zero attached hydrogens (tertiary/aromatic N) is 1. The first kappa shape index (κ1) is 26.3. The Kier molecular flexibility index (Phi) is 13.2. The quantitative estimate of drug-likeness (QED) is 0.727. The van der Waals surface area contributed by atoms with Crippen molar-refractivity contribution in [1.29, 1.82) is 0 Å². The van der Waals surface area contributed by atoms with Crippen LogP contribution in [0.5, 0.6) is 0 Å². The molecule has 0 aliphatic rings. The average molecular weight is 361 g/mol. The second kappa shape index (κ2) is 11.0. The van der Waals surface area contributed by atoms with Crippen LogP contribution < -0.4 is 5.73 Å². The molecule has 0 aromatic heterocycles. The smallest absolute Gasteiger partial charge is 0.320 e. The zero-order valence-corrected chi connectivity index (χ0v) is 15.9. The highest BCUT2D eigenvalue weighted by molar-refractivity contribution is 5.85. The lowest BCUT2D eigenvalue weighted by Crippen LogP contribution is -2.42. The Labute approximate surface area is 145 Å². The SMILES string of the molecule is CC(C)(C)OC(=O)CN(CCN)CC(=O)OC(C)(C)C.Cl.Cl. The highest BCUT2D eigenvalue weighted by Gasteiger charge is 2.22. The zero-order chi connectivity index (χ0) is 16.0. The Balaban J connectivity index is -0.00000180. The molecule has 0 rings (SSSR count). The van der Waals surface area contributed by atoms with Crippen LogP contribution in [0.1, 0.15) is 41.5 Å². The number of hydrogen-bond acceptors (Lipinski definition) is 6. The van der Waals surface area contributed by atoms with E-state index in [0.29, 0.717) is 13.1 Å². The van der Waals surface area contributed by atoms with Crippen molar-refractivity contribution in [1.82, 2.24) is 4.90 Å². The van der Waals surface area contributed by atoms with E-state index >= 15 is 0 Å². The topological polar surface area (TPSA) is 81.9 Å². The van der Waals surface area contributed by atoms with E-state index in [9.17, 15) is 9.59 Å². The number of rotatable bonds is 6. The van der Waals surface area contributed by atoms with Gasteiger partial charge in [-0.25, -0.2) is 0 Å². The second-order valence-corrected chi connectivity index (χ2v) is 6.67. The molecule has 0 saturated carbocycles. The first-order valence-electron chi connectivity index (χ1n) is 6.79. The van der Waals surface area contributed by atoms with Crippen LogP contribution in [0.3, 0.4) is 0 Å². The van der Waals surface area contributed by atoms with Crippen LogP contribution in [-0.2, 0) is 19.1 Å². The van der Waals surface area contributed by atoms with Crippen molar-refractivity contribution < 1.29 is 19.1 Å². The van der Waals surface area contributed by atoms with Gasteiger partial charge in [-0.3, -0.25) is 14.5 Å². The Morgan fingerprint density at radius 1 is 0.864 bits per heavy atom. The van der Waals surface area contributed by atoms with E-state index in [1.165, 1.54) is 0 Å². The van der Waals surface area contributed by atoms with Crippen molar-refractivity contribution in [3.05, 3.63) is 0 Å². The van der Waals surface area contributed by atoms with Crippen molar-refractivity contribution in [2.24, 2.45) is 5.73 Å². The van der Waals surface area contributed by atoms with Crippen molar-refractivity contribution >= 4 is 36.8 Å². The van der Waals surface area contributed by atoms with Gasteiger partial charge < -0.3 is 15.2 Å². The van der Waals surface area contributed by atoms with E-state index in [1.54, 1.807) is 46.4 Å². The Morgan fingerprint density at radius 2 is 1.18 bits per heavy atom. The molecule has 0 aliphatic carbocycles. The molecule has 134 valence electrons. The van der Waals surface area contributed by atoms with E-state index in [1.807, 2.05) is 0 Å². The molecule has 0 atom stereocenters. The van der Waals surface area contributed by atoms with E-state index in [-0.39, 0.29) is 49.8 Å². The van der Waals surface area contributed by atoms with Gasteiger partial charge in [0.2, 0.25) is 0 Å². The lowest BCUT2D eigenvalue weighted by molar-refractivity contribution is -0.159. The largest absolute Gasteiger partial charge is 0.459 e. The summed E-state index contributed by atoms with van der Waals surface area (Å²) in [6.45, 7) is 11.6. The average Bonchev–Trinajstić information content (AvgIpc) is 2.10. The lowest BCUT2D eigenvalue weighted by atomic mass is 10.2. The monoisotopic (exact) mass is 360 g/mol. The van der Waals surface area contributed by atoms with E-state index in [2.05, 4.69) is 0 Å². The number of ether oxygens (including phenoxy) is 2. The summed E-state index contributed by atoms with van der Waals surface area (Å²) < 4.78 is 10.4. The molecule has 0 spiro atoms. The molecule has 0 unspecified atom stereocenters. The molecular formula is C14H30Cl2N2O4. The van der Waals surface area contributed by atoms with Gasteiger partial charge in [0.05, 0.1) is 13.1 Å². The molecule has 0 aliphatic heterocycles. The van der Waals surface area contributed by atoms with Crippen molar-refractivity contribution in [2.45, 2.75) is 52.7 Å². The fourth-order valence-electron chi connectivity index (χ4n) is 1.51. The number of halogens is 2. The molecule has 0 fully saturated rings. The number of hydrogen-bond donors (Lipinski definition) is 1. The maximum absolute atomic E-state index is 11.8. The van der Waals surface area contributed by atoms with Gasteiger partial charge in [0.1, 0.15) is 11.2 Å². The van der Waals surface area contributed by atoms with Crippen molar-refractivity contribution in [3.63, 3.8) is 0 Å². The summed E-state index contributed by atoms with van der Waals surface area (Å²) in [6, 6.07) is 0. The molecule has 0 aromatic rings. The van der Waals surface area contributed by atoms with Gasteiger partial charge in [-0.1, -0.05) is 0 Å². The van der Waals surface area contributed by atoms with Crippen LogP contribution in [0.15, 0.2) is 0 Å². The maximum atomic E-state index is 11.8. The standard InChI is InChI=1S/C14H28N2O4.2ClH/c1-13(2,3)19-11(17)9-16(8-7-15)10-12(18)20-14(4,5)6;;/h7-10,15H2,1-6H3;2*1H. The minimum absolute atomic E-state index is 0. The Bertz CT molecular complexity index is 309. The van der Waals surface area contributed by atoms with Crippen molar-refractivity contribution in [3.8, 4) is 0 Å². The molecule has 8 heteroatoms. The number of carbonyl (C=O) groups excluding carboxylic acids is 2. The molecule has 0 amide bonds. The summed E-state index contributed by atoms with van der Waals surface area (Å²) in [5, 5.41) is 0. The summed E-state index contributed by atoms with van der Waals surface area (Å²) in [5.74, 6) is -0.760. The fraction of sp³-hybridized carbons (Fsp3) is 0.857. The van der Waals surface area contributed by atoms with Gasteiger partial charge in [0, 0.05) is 13.1 Å². The van der Waals surface area contributed by atoms with Crippen LogP contribution in [-0.4, -0.2) is 54.2 Å². The Hall–Kier alpha value is -0.560. The predicted molar refractivity (Wildman–Crippen MR) is 91.7 cm³/mol. The molecular weight excluding hydrogens is 331 g/mol. The summed E-state index contributed by atoms with van der Waals surface area (Å²) in [4.78, 5) is 25.1. The van der Waals surface area contributed by atoms with Crippen LogP contribution >= 0.6 is 24.8 Å². The number of nitrogens with two attached hydrogens (primary N) is 1. The first-order valence-corrected chi connectivity index (χ1v) is 6.79. The second-order valence-electron chi connectivity index (χ2n) is 6.67. The maximum Gasteiger partial charge on any atom is 0.320 e. The molecule has 22 heavy (non-hydrogen) atoms. The van der Waals surface area contributed by atoms with E-state index < -0.39 is 11.2 Å². The van der Waals surface area contributed by atoms with Crippen molar-refractivity contribution in [2.75, 3.05) is 26.2 Å². The third-order valence-electron chi connectivity index (χ3n) is 1.99. The summed E-state index contributed by atoms with van der Waals surface area (Å²) >= 11 is 0. The summed E-state index contributed by atoms with van der Waals surface area (Å²) in [5.41, 5.74) is 4.40. The predicted octanol–water partition coefficient (Wildman–Crippen LogP) is 1.77. The third kappa shape index (κ3) is 15.8. The minimum Gasteiger partial charge on any atom is -0.459 e. The van der Waals surface area contributed by atoms with Crippen LogP contribution in [0.25, 0.3) is 0 Å². The van der Waals surface area contributed by atoms with Gasteiger partial charge >= 0.3 is 11.9 Å². The Morgan fingerprint density at radius 3 is 1.41 bits per heavy atom. The van der Waals surface area contributed by atoms with Gasteiger partial charge in [0.25, 0.3) is 0 Å². The highest BCUT2D eigenvalue weighted by atomic mass is 35.5. The molecule has 6 nitrogen and oxygen atoms in total. The van der Waals surface area contributed by atoms with Crippen LogP contribution in [0.2, 0.25) is 0 Å². The first-order chi connectivity index (χ1) is 8.93. The summed E-state index contributed by atoms with van der Waals surface area (Å²) in [7, 11) is 0. The molecule has 0 bridgehead atoms. The fourth-order valence-corrected chi connectivity index (χ4v) is 1.51. The number of esters is 2. The van der Waals surface area contributed by atoms with Gasteiger partial charge in [0.15, 0.2) is 0 Å². The van der Waals surface area contributed by atoms with Crippen LogP contribution in [0, 0.1) is 0 Å². The van der Waals surface area contributed by atoms with E-state index in [4.69, 9.17) is 15.2 Å². The van der Waals surface area contributed by atoms with Gasteiger partial charge in [-0.15, -0.1) is 24.8 Å². The normalized spacial score (nSPS) is 11.3. The number of carbonyl (C=O) groups is 2. The third-order valence-corrected chi connectivity index (χ3v) is 1.99. The summed E-state index contributed by atoms with van der Waals surface area (Å²) in [6.07, 6.45) is 0. The molecule has 0 saturated heterocycles. The van der Waals surface area contributed by atoms with Crippen LogP contribution in [0.4, 0.5) is 0 Å². The lowest BCUT2D eigenvalue weighted by Gasteiger charge is -2.25. The zero-order valence-electron chi connectivity index (χ0n) is 14.3. The van der Waals surface area contributed by atoms with Gasteiger partial charge in [-0.05, 0) is 41.5 Å². The molecule has 0 radical (unpaired) electrons. The molecule has 2 N–H and O–H groups in total. The minimum atomic E-state index is -0.544. The molecule has 0 heterocycles.